The monoisotopic (exact) mass is 461 g/mol. The number of thioether (sulfide) groups is 1. The predicted molar refractivity (Wildman–Crippen MR) is 123 cm³/mol. The number of rotatable bonds is 7. The number of carbonyl (C=O) groups is 3. The van der Waals surface area contributed by atoms with Crippen molar-refractivity contribution in [3.05, 3.63) is 36.0 Å². The Kier molecular flexibility index (Phi) is 8.03. The molecule has 0 aliphatic rings. The molecule has 1 aromatic carbocycles. The van der Waals surface area contributed by atoms with Gasteiger partial charge < -0.3 is 20.1 Å². The maximum atomic E-state index is 12.9. The molecule has 3 N–H and O–H groups in total. The van der Waals surface area contributed by atoms with E-state index in [0.717, 1.165) is 4.90 Å². The number of aliphatic carboxylic acids is 1. The molecular weight excluding hydrogens is 434 g/mol. The minimum Gasteiger partial charge on any atom is -0.480 e. The van der Waals surface area contributed by atoms with Crippen LogP contribution in [0.1, 0.15) is 38.1 Å². The number of amides is 2. The van der Waals surface area contributed by atoms with Gasteiger partial charge in [0.2, 0.25) is 0 Å². The SMILES string of the molecule is CSc1ncc(C(=O)N(C)C(C)C(=O)O)c(Nc2cccc(NC(=O)OC(C)(C)C)c2)n1. The summed E-state index contributed by atoms with van der Waals surface area (Å²) in [6.45, 7) is 6.72. The number of aromatic nitrogens is 2. The van der Waals surface area contributed by atoms with E-state index in [2.05, 4.69) is 20.6 Å². The third kappa shape index (κ3) is 6.84. The third-order valence-corrected chi connectivity index (χ3v) is 4.77. The molecular formula is C21H27N5O5S. The number of benzene rings is 1. The van der Waals surface area contributed by atoms with Gasteiger partial charge >= 0.3 is 12.1 Å². The van der Waals surface area contributed by atoms with Gasteiger partial charge in [-0.2, -0.15) is 0 Å². The molecule has 10 nitrogen and oxygen atoms in total. The molecule has 0 saturated carbocycles. The average Bonchev–Trinajstić information content (AvgIpc) is 2.70. The van der Waals surface area contributed by atoms with E-state index in [1.165, 1.54) is 31.9 Å². The molecule has 2 aromatic rings. The van der Waals surface area contributed by atoms with E-state index in [4.69, 9.17) is 4.74 Å². The molecule has 11 heteroatoms. The van der Waals surface area contributed by atoms with Crippen LogP contribution in [0.25, 0.3) is 0 Å². The molecule has 0 fully saturated rings. The summed E-state index contributed by atoms with van der Waals surface area (Å²) in [6, 6.07) is 5.77. The zero-order valence-electron chi connectivity index (χ0n) is 18.8. The predicted octanol–water partition coefficient (Wildman–Crippen LogP) is 3.83. The number of hydrogen-bond acceptors (Lipinski definition) is 8. The highest BCUT2D eigenvalue weighted by atomic mass is 32.2. The fraction of sp³-hybridized carbons (Fsp3) is 0.381. The lowest BCUT2D eigenvalue weighted by Gasteiger charge is -2.22. The van der Waals surface area contributed by atoms with Crippen LogP contribution >= 0.6 is 11.8 Å². The second-order valence-corrected chi connectivity index (χ2v) is 8.66. The number of hydrogen-bond donors (Lipinski definition) is 3. The van der Waals surface area contributed by atoms with Crippen LogP contribution < -0.4 is 10.6 Å². The number of nitrogens with one attached hydrogen (secondary N) is 2. The van der Waals surface area contributed by atoms with Gasteiger partial charge in [-0.25, -0.2) is 19.6 Å². The molecule has 0 aliphatic carbocycles. The van der Waals surface area contributed by atoms with Crippen LogP contribution in [0.4, 0.5) is 22.0 Å². The van der Waals surface area contributed by atoms with Crippen LogP contribution in [0, 0.1) is 0 Å². The molecule has 2 rings (SSSR count). The summed E-state index contributed by atoms with van der Waals surface area (Å²) in [5, 5.41) is 15.4. The smallest absolute Gasteiger partial charge is 0.412 e. The summed E-state index contributed by atoms with van der Waals surface area (Å²) in [5.74, 6) is -1.45. The van der Waals surface area contributed by atoms with Gasteiger partial charge in [0.1, 0.15) is 23.0 Å². The highest BCUT2D eigenvalue weighted by molar-refractivity contribution is 7.98. The van der Waals surface area contributed by atoms with E-state index < -0.39 is 29.6 Å². The largest absolute Gasteiger partial charge is 0.480 e. The van der Waals surface area contributed by atoms with Crippen molar-refractivity contribution in [1.82, 2.24) is 14.9 Å². The maximum Gasteiger partial charge on any atom is 0.412 e. The molecule has 0 bridgehead atoms. The van der Waals surface area contributed by atoms with Crippen molar-refractivity contribution in [2.24, 2.45) is 0 Å². The van der Waals surface area contributed by atoms with Crippen molar-refractivity contribution < 1.29 is 24.2 Å². The fourth-order valence-electron chi connectivity index (χ4n) is 2.48. The van der Waals surface area contributed by atoms with Gasteiger partial charge in [0.25, 0.3) is 5.91 Å². The minimum absolute atomic E-state index is 0.115. The summed E-state index contributed by atoms with van der Waals surface area (Å²) in [6.07, 6.45) is 2.56. The van der Waals surface area contributed by atoms with Crippen LogP contribution in [-0.2, 0) is 9.53 Å². The lowest BCUT2D eigenvalue weighted by molar-refractivity contribution is -0.141. The van der Waals surface area contributed by atoms with E-state index >= 15 is 0 Å². The number of carboxylic acid groups (broad SMARTS) is 1. The van der Waals surface area contributed by atoms with Gasteiger partial charge in [0.05, 0.1) is 0 Å². The summed E-state index contributed by atoms with van der Waals surface area (Å²) in [4.78, 5) is 45.8. The van der Waals surface area contributed by atoms with Crippen molar-refractivity contribution in [3.63, 3.8) is 0 Å². The van der Waals surface area contributed by atoms with Gasteiger partial charge in [-0.15, -0.1) is 0 Å². The summed E-state index contributed by atoms with van der Waals surface area (Å²) in [5.41, 5.74) is 0.507. The number of anilines is 3. The van der Waals surface area contributed by atoms with Crippen LogP contribution in [0.5, 0.6) is 0 Å². The minimum atomic E-state index is -1.13. The molecule has 1 atom stereocenters. The van der Waals surface area contributed by atoms with Crippen molar-refractivity contribution in [2.45, 2.75) is 44.5 Å². The molecule has 0 radical (unpaired) electrons. The van der Waals surface area contributed by atoms with Crippen LogP contribution in [0.2, 0.25) is 0 Å². The average molecular weight is 462 g/mol. The maximum absolute atomic E-state index is 12.9. The number of carbonyl (C=O) groups excluding carboxylic acids is 2. The van der Waals surface area contributed by atoms with Crippen molar-refractivity contribution >= 4 is 46.9 Å². The molecule has 32 heavy (non-hydrogen) atoms. The first-order valence-corrected chi connectivity index (χ1v) is 10.9. The number of nitrogens with zero attached hydrogens (tertiary/aromatic N) is 3. The van der Waals surface area contributed by atoms with Gasteiger partial charge in [-0.3, -0.25) is 10.1 Å². The van der Waals surface area contributed by atoms with Gasteiger partial charge in [-0.1, -0.05) is 17.8 Å². The van der Waals surface area contributed by atoms with E-state index in [9.17, 15) is 19.5 Å². The molecule has 1 heterocycles. The molecule has 0 saturated heterocycles. The molecule has 0 aliphatic heterocycles. The van der Waals surface area contributed by atoms with E-state index in [-0.39, 0.29) is 11.4 Å². The number of ether oxygens (including phenoxy) is 1. The van der Waals surface area contributed by atoms with Crippen LogP contribution in [0.15, 0.2) is 35.6 Å². The Hall–Kier alpha value is -3.34. The third-order valence-electron chi connectivity index (χ3n) is 4.21. The Morgan fingerprint density at radius 1 is 1.22 bits per heavy atom. The van der Waals surface area contributed by atoms with Gasteiger partial charge in [-0.05, 0) is 52.1 Å². The Morgan fingerprint density at radius 2 is 1.88 bits per heavy atom. The Morgan fingerprint density at radius 3 is 2.47 bits per heavy atom. The normalized spacial score (nSPS) is 11.9. The van der Waals surface area contributed by atoms with Crippen LogP contribution in [0.3, 0.4) is 0 Å². The zero-order chi connectivity index (χ0) is 24.1. The Balaban J connectivity index is 2.31. The molecule has 172 valence electrons. The first-order valence-electron chi connectivity index (χ1n) is 9.69. The highest BCUT2D eigenvalue weighted by Gasteiger charge is 2.26. The standard InChI is InChI=1S/C21H27N5O5S/c1-12(18(28)29)26(5)17(27)15-11-22-19(32-6)25-16(15)23-13-8-7-9-14(10-13)24-20(30)31-21(2,3)4/h7-12H,1-6H3,(H,24,30)(H,28,29)(H,22,23,25). The molecule has 1 aromatic heterocycles. The van der Waals surface area contributed by atoms with E-state index in [1.54, 1.807) is 51.3 Å². The first kappa shape index (κ1) is 24.9. The van der Waals surface area contributed by atoms with E-state index in [0.29, 0.717) is 16.5 Å². The number of carboxylic acids is 1. The molecule has 0 spiro atoms. The summed E-state index contributed by atoms with van der Waals surface area (Å²) in [7, 11) is 1.40. The van der Waals surface area contributed by atoms with Crippen molar-refractivity contribution in [1.29, 1.82) is 0 Å². The van der Waals surface area contributed by atoms with Crippen LogP contribution in [-0.4, -0.2) is 62.9 Å². The second kappa shape index (κ2) is 10.3. The summed E-state index contributed by atoms with van der Waals surface area (Å²) >= 11 is 1.30. The second-order valence-electron chi connectivity index (χ2n) is 7.88. The highest BCUT2D eigenvalue weighted by Crippen LogP contribution is 2.25. The van der Waals surface area contributed by atoms with Gasteiger partial charge in [0.15, 0.2) is 5.16 Å². The Labute approximate surface area is 190 Å². The number of likely N-dealkylation sites (N-methyl/N-ethyl adjacent to an activating group) is 1. The topological polar surface area (TPSA) is 134 Å². The lowest BCUT2D eigenvalue weighted by Crippen LogP contribution is -2.40. The molecule has 1 unspecified atom stereocenters. The zero-order valence-corrected chi connectivity index (χ0v) is 19.6. The molecule has 2 amide bonds. The van der Waals surface area contributed by atoms with Gasteiger partial charge in [0, 0.05) is 24.6 Å². The lowest BCUT2D eigenvalue weighted by atomic mass is 10.2. The van der Waals surface area contributed by atoms with Crippen molar-refractivity contribution in [3.8, 4) is 0 Å². The fourth-order valence-corrected chi connectivity index (χ4v) is 2.82. The van der Waals surface area contributed by atoms with E-state index in [1.807, 2.05) is 0 Å². The first-order chi connectivity index (χ1) is 14.9. The quantitative estimate of drug-likeness (QED) is 0.415. The Bertz CT molecular complexity index is 1010. The van der Waals surface area contributed by atoms with Crippen molar-refractivity contribution in [2.75, 3.05) is 23.9 Å². The summed E-state index contributed by atoms with van der Waals surface area (Å²) < 4.78 is 5.26.